The van der Waals surface area contributed by atoms with Crippen LogP contribution in [0.25, 0.3) is 0 Å². The van der Waals surface area contributed by atoms with E-state index in [1.54, 1.807) is 0 Å². The topological polar surface area (TPSA) is 67.0 Å². The Morgan fingerprint density at radius 3 is 2.62 bits per heavy atom. The molecule has 2 rings (SSSR count). The van der Waals surface area contributed by atoms with Gasteiger partial charge in [0.15, 0.2) is 0 Å². The zero-order valence-electron chi connectivity index (χ0n) is 12.6. The molecule has 0 amide bonds. The van der Waals surface area contributed by atoms with Crippen LogP contribution >= 0.6 is 0 Å². The quantitative estimate of drug-likeness (QED) is 0.856. The minimum Gasteiger partial charge on any atom is -0.493 e. The molecule has 0 radical (unpaired) electrons. The van der Waals surface area contributed by atoms with Gasteiger partial charge in [0.2, 0.25) is 5.95 Å². The first-order valence-corrected chi connectivity index (χ1v) is 7.17. The van der Waals surface area contributed by atoms with Gasteiger partial charge in [0, 0.05) is 17.4 Å². The van der Waals surface area contributed by atoms with Crippen LogP contribution in [-0.4, -0.2) is 16.6 Å². The van der Waals surface area contributed by atoms with Crippen molar-refractivity contribution in [2.75, 3.05) is 11.9 Å². The van der Waals surface area contributed by atoms with E-state index in [0.29, 0.717) is 18.5 Å². The number of aromatic amines is 1. The molecule has 2 aromatic rings. The molecule has 1 aromatic carbocycles. The van der Waals surface area contributed by atoms with Crippen LogP contribution in [-0.2, 0) is 6.42 Å². The predicted octanol–water partition coefficient (Wildman–Crippen LogP) is 3.11. The largest absolute Gasteiger partial charge is 0.493 e. The number of nitrogens with zero attached hydrogens (tertiary/aromatic N) is 1. The van der Waals surface area contributed by atoms with E-state index in [2.05, 4.69) is 29.1 Å². The average molecular weight is 287 g/mol. The standard InChI is InChI=1S/C16H21N3O2/c1-4-12-9-15(20)19-16(17-12)18-13-5-7-14(8-6-13)21-10-11(2)3/h5-9,11H,4,10H2,1-3H3,(H2,17,18,19,20). The van der Waals surface area contributed by atoms with E-state index in [1.807, 2.05) is 31.2 Å². The van der Waals surface area contributed by atoms with Gasteiger partial charge in [0.05, 0.1) is 6.61 Å². The molecule has 5 nitrogen and oxygen atoms in total. The minimum atomic E-state index is -0.152. The first kappa shape index (κ1) is 15.1. The first-order chi connectivity index (χ1) is 10.1. The summed E-state index contributed by atoms with van der Waals surface area (Å²) in [5.74, 6) is 1.78. The molecule has 0 fully saturated rings. The van der Waals surface area contributed by atoms with Crippen molar-refractivity contribution in [2.45, 2.75) is 27.2 Å². The summed E-state index contributed by atoms with van der Waals surface area (Å²) in [4.78, 5) is 18.5. The van der Waals surface area contributed by atoms with E-state index in [-0.39, 0.29) is 5.56 Å². The van der Waals surface area contributed by atoms with Crippen molar-refractivity contribution >= 4 is 11.6 Å². The average Bonchev–Trinajstić information content (AvgIpc) is 2.46. The molecule has 5 heteroatoms. The Morgan fingerprint density at radius 2 is 2.00 bits per heavy atom. The van der Waals surface area contributed by atoms with Crippen molar-refractivity contribution in [2.24, 2.45) is 5.92 Å². The lowest BCUT2D eigenvalue weighted by Crippen LogP contribution is -2.11. The van der Waals surface area contributed by atoms with Gasteiger partial charge in [0.25, 0.3) is 5.56 Å². The van der Waals surface area contributed by atoms with Crippen molar-refractivity contribution in [1.29, 1.82) is 0 Å². The van der Waals surface area contributed by atoms with Crippen LogP contribution in [0.2, 0.25) is 0 Å². The highest BCUT2D eigenvalue weighted by Crippen LogP contribution is 2.18. The first-order valence-electron chi connectivity index (χ1n) is 7.17. The third kappa shape index (κ3) is 4.63. The lowest BCUT2D eigenvalue weighted by molar-refractivity contribution is 0.271. The van der Waals surface area contributed by atoms with Crippen molar-refractivity contribution in [3.8, 4) is 5.75 Å². The van der Waals surface area contributed by atoms with Crippen LogP contribution in [0.3, 0.4) is 0 Å². The van der Waals surface area contributed by atoms with Crippen LogP contribution in [0.5, 0.6) is 5.75 Å². The Bertz CT molecular complexity index is 633. The summed E-state index contributed by atoms with van der Waals surface area (Å²) in [5.41, 5.74) is 1.46. The number of rotatable bonds is 6. The molecule has 0 spiro atoms. The zero-order chi connectivity index (χ0) is 15.2. The maximum Gasteiger partial charge on any atom is 0.252 e. The monoisotopic (exact) mass is 287 g/mol. The van der Waals surface area contributed by atoms with E-state index in [4.69, 9.17) is 4.74 Å². The molecule has 112 valence electrons. The molecular weight excluding hydrogens is 266 g/mol. The lowest BCUT2D eigenvalue weighted by Gasteiger charge is -2.10. The number of H-pyrrole nitrogens is 1. The van der Waals surface area contributed by atoms with Gasteiger partial charge in [0.1, 0.15) is 5.75 Å². The SMILES string of the molecule is CCc1cc(=O)[nH]c(Nc2ccc(OCC(C)C)cc2)n1. The summed E-state index contributed by atoms with van der Waals surface area (Å²) < 4.78 is 5.63. The van der Waals surface area contributed by atoms with Crippen LogP contribution in [0.1, 0.15) is 26.5 Å². The van der Waals surface area contributed by atoms with Crippen LogP contribution in [0.4, 0.5) is 11.6 Å². The van der Waals surface area contributed by atoms with Crippen molar-refractivity contribution in [1.82, 2.24) is 9.97 Å². The number of anilines is 2. The molecule has 0 atom stereocenters. The molecule has 0 saturated carbocycles. The number of hydrogen-bond donors (Lipinski definition) is 2. The van der Waals surface area contributed by atoms with Crippen LogP contribution in [0.15, 0.2) is 35.1 Å². The highest BCUT2D eigenvalue weighted by Gasteiger charge is 2.02. The van der Waals surface area contributed by atoms with Gasteiger partial charge < -0.3 is 10.1 Å². The second kappa shape index (κ2) is 6.92. The van der Waals surface area contributed by atoms with Crippen molar-refractivity contribution < 1.29 is 4.74 Å². The Hall–Kier alpha value is -2.30. The smallest absolute Gasteiger partial charge is 0.252 e. The molecule has 1 heterocycles. The maximum atomic E-state index is 11.5. The number of nitrogens with one attached hydrogen (secondary N) is 2. The molecule has 0 aliphatic heterocycles. The molecular formula is C16H21N3O2. The lowest BCUT2D eigenvalue weighted by atomic mass is 10.2. The number of benzene rings is 1. The summed E-state index contributed by atoms with van der Waals surface area (Å²) >= 11 is 0. The van der Waals surface area contributed by atoms with E-state index in [0.717, 1.165) is 23.6 Å². The normalized spacial score (nSPS) is 10.7. The van der Waals surface area contributed by atoms with Crippen LogP contribution in [0, 0.1) is 5.92 Å². The molecule has 0 bridgehead atoms. The van der Waals surface area contributed by atoms with Crippen molar-refractivity contribution in [3.05, 3.63) is 46.4 Å². The third-order valence-corrected chi connectivity index (χ3v) is 2.86. The Labute approximate surface area is 124 Å². The highest BCUT2D eigenvalue weighted by atomic mass is 16.5. The van der Waals surface area contributed by atoms with Crippen LogP contribution < -0.4 is 15.6 Å². The number of aromatic nitrogens is 2. The molecule has 0 unspecified atom stereocenters. The van der Waals surface area contributed by atoms with Gasteiger partial charge in [-0.1, -0.05) is 20.8 Å². The van der Waals surface area contributed by atoms with Gasteiger partial charge in [-0.15, -0.1) is 0 Å². The molecule has 0 saturated heterocycles. The Balaban J connectivity index is 2.06. The van der Waals surface area contributed by atoms with E-state index in [9.17, 15) is 4.79 Å². The van der Waals surface area contributed by atoms with E-state index in [1.165, 1.54) is 6.07 Å². The van der Waals surface area contributed by atoms with E-state index < -0.39 is 0 Å². The third-order valence-electron chi connectivity index (χ3n) is 2.86. The van der Waals surface area contributed by atoms with Gasteiger partial charge >= 0.3 is 0 Å². The zero-order valence-corrected chi connectivity index (χ0v) is 12.6. The summed E-state index contributed by atoms with van der Waals surface area (Å²) in [6.45, 7) is 6.88. The minimum absolute atomic E-state index is 0.152. The van der Waals surface area contributed by atoms with Gasteiger partial charge in [-0.2, -0.15) is 0 Å². The predicted molar refractivity (Wildman–Crippen MR) is 84.3 cm³/mol. The molecule has 0 aliphatic rings. The van der Waals surface area contributed by atoms with Gasteiger partial charge in [-0.25, -0.2) is 4.98 Å². The summed E-state index contributed by atoms with van der Waals surface area (Å²) in [6, 6.07) is 9.09. The number of ether oxygens (including phenoxy) is 1. The van der Waals surface area contributed by atoms with Crippen molar-refractivity contribution in [3.63, 3.8) is 0 Å². The van der Waals surface area contributed by atoms with Gasteiger partial charge in [-0.3, -0.25) is 9.78 Å². The Kier molecular flexibility index (Phi) is 4.98. The summed E-state index contributed by atoms with van der Waals surface area (Å²) in [6.07, 6.45) is 0.723. The summed E-state index contributed by atoms with van der Waals surface area (Å²) in [7, 11) is 0. The number of aryl methyl sites for hydroxylation is 1. The number of hydrogen-bond acceptors (Lipinski definition) is 4. The Morgan fingerprint density at radius 1 is 1.29 bits per heavy atom. The molecule has 0 aliphatic carbocycles. The fraction of sp³-hybridized carbons (Fsp3) is 0.375. The second-order valence-electron chi connectivity index (χ2n) is 5.29. The fourth-order valence-corrected chi connectivity index (χ4v) is 1.78. The molecule has 21 heavy (non-hydrogen) atoms. The second-order valence-corrected chi connectivity index (χ2v) is 5.29. The fourth-order valence-electron chi connectivity index (χ4n) is 1.78. The molecule has 1 aromatic heterocycles. The summed E-state index contributed by atoms with van der Waals surface area (Å²) in [5, 5.41) is 3.09. The van der Waals surface area contributed by atoms with E-state index >= 15 is 0 Å². The van der Waals surface area contributed by atoms with Gasteiger partial charge in [-0.05, 0) is 36.6 Å². The molecule has 2 N–H and O–H groups in total. The maximum absolute atomic E-state index is 11.5. The highest BCUT2D eigenvalue weighted by molar-refractivity contribution is 5.54.